The number of nitro groups is 1. The predicted octanol–water partition coefficient (Wildman–Crippen LogP) is 1.50. The summed E-state index contributed by atoms with van der Waals surface area (Å²) in [5, 5.41) is 19.6. The fraction of sp³-hybridized carbons (Fsp3) is 0.0769. The zero-order valence-electron chi connectivity index (χ0n) is 10.2. The zero-order chi connectivity index (χ0) is 14.7. The van der Waals surface area contributed by atoms with Gasteiger partial charge in [0.25, 0.3) is 5.43 Å². The third-order valence-corrected chi connectivity index (χ3v) is 2.69. The minimum atomic E-state index is -1.04. The van der Waals surface area contributed by atoms with Gasteiger partial charge in [0.2, 0.25) is 0 Å². The number of rotatable bonds is 4. The number of aromatic nitrogens is 1. The number of benzene rings is 1. The molecule has 0 unspecified atom stereocenters. The average Bonchev–Trinajstić information content (AvgIpc) is 2.41. The van der Waals surface area contributed by atoms with Crippen molar-refractivity contribution < 1.29 is 14.8 Å². The van der Waals surface area contributed by atoms with E-state index in [9.17, 15) is 19.7 Å². The molecule has 0 bridgehead atoms. The highest BCUT2D eigenvalue weighted by Crippen LogP contribution is 2.09. The Balaban J connectivity index is 2.33. The number of carbonyl (C=O) groups is 1. The molecule has 2 rings (SSSR count). The molecule has 102 valence electrons. The van der Waals surface area contributed by atoms with Gasteiger partial charge in [-0.3, -0.25) is 14.9 Å². The molecule has 1 aromatic carbocycles. The van der Waals surface area contributed by atoms with Crippen molar-refractivity contribution in [3.8, 4) is 0 Å². The van der Waals surface area contributed by atoms with E-state index in [1.165, 1.54) is 22.9 Å². The van der Waals surface area contributed by atoms with Gasteiger partial charge in [0, 0.05) is 18.8 Å². The molecule has 0 aliphatic carbocycles. The van der Waals surface area contributed by atoms with Crippen LogP contribution < -0.4 is 5.43 Å². The Bertz CT molecular complexity index is 736. The largest absolute Gasteiger partial charge is 0.478 e. The van der Waals surface area contributed by atoms with Crippen LogP contribution in [0.5, 0.6) is 0 Å². The summed E-state index contributed by atoms with van der Waals surface area (Å²) in [7, 11) is 0. The van der Waals surface area contributed by atoms with Crippen LogP contribution in [0, 0.1) is 10.1 Å². The molecule has 0 aliphatic rings. The van der Waals surface area contributed by atoms with Gasteiger partial charge in [0.1, 0.15) is 0 Å². The van der Waals surface area contributed by atoms with Crippen LogP contribution in [-0.4, -0.2) is 20.6 Å². The predicted molar refractivity (Wildman–Crippen MR) is 69.9 cm³/mol. The summed E-state index contributed by atoms with van der Waals surface area (Å²) in [5.74, 6) is -1.04. The van der Waals surface area contributed by atoms with Crippen LogP contribution >= 0.6 is 0 Å². The molecule has 0 amide bonds. The second kappa shape index (κ2) is 5.35. The van der Waals surface area contributed by atoms with Crippen molar-refractivity contribution in [1.29, 1.82) is 0 Å². The van der Waals surface area contributed by atoms with Crippen molar-refractivity contribution >= 4 is 11.7 Å². The zero-order valence-corrected chi connectivity index (χ0v) is 10.2. The van der Waals surface area contributed by atoms with Crippen LogP contribution in [0.4, 0.5) is 5.69 Å². The van der Waals surface area contributed by atoms with Gasteiger partial charge in [-0.05, 0) is 17.7 Å². The van der Waals surface area contributed by atoms with E-state index < -0.39 is 22.0 Å². The first-order valence-corrected chi connectivity index (χ1v) is 5.64. The second-order valence-corrected chi connectivity index (χ2v) is 4.13. The molecule has 2 aromatic rings. The molecule has 1 aromatic heterocycles. The third kappa shape index (κ3) is 2.89. The summed E-state index contributed by atoms with van der Waals surface area (Å²) in [5.41, 5.74) is -0.367. The quantitative estimate of drug-likeness (QED) is 0.672. The smallest absolute Gasteiger partial charge is 0.335 e. The van der Waals surface area contributed by atoms with E-state index >= 15 is 0 Å². The maximum atomic E-state index is 11.3. The van der Waals surface area contributed by atoms with E-state index in [1.54, 1.807) is 12.1 Å². The van der Waals surface area contributed by atoms with Crippen LogP contribution in [0.25, 0.3) is 0 Å². The van der Waals surface area contributed by atoms with Gasteiger partial charge in [-0.2, -0.15) is 0 Å². The van der Waals surface area contributed by atoms with Crippen molar-refractivity contribution in [2.75, 3.05) is 0 Å². The van der Waals surface area contributed by atoms with E-state index in [2.05, 4.69) is 0 Å². The van der Waals surface area contributed by atoms with Crippen molar-refractivity contribution in [3.05, 3.63) is 74.2 Å². The molecule has 1 heterocycles. The van der Waals surface area contributed by atoms with Gasteiger partial charge in [-0.15, -0.1) is 0 Å². The van der Waals surface area contributed by atoms with Gasteiger partial charge in [-0.1, -0.05) is 12.1 Å². The lowest BCUT2D eigenvalue weighted by Crippen LogP contribution is -2.11. The SMILES string of the molecule is O=C(O)c1cccc(Cn2ccc(=O)c([N+](=O)[O-])c2)c1. The molecule has 0 atom stereocenters. The molecule has 20 heavy (non-hydrogen) atoms. The van der Waals surface area contributed by atoms with E-state index in [0.717, 1.165) is 12.3 Å². The second-order valence-electron chi connectivity index (χ2n) is 4.13. The Morgan fingerprint density at radius 3 is 2.75 bits per heavy atom. The number of hydrogen-bond donors (Lipinski definition) is 1. The molecular weight excluding hydrogens is 264 g/mol. The summed E-state index contributed by atoms with van der Waals surface area (Å²) in [6.45, 7) is 0.238. The maximum Gasteiger partial charge on any atom is 0.335 e. The van der Waals surface area contributed by atoms with Crippen LogP contribution in [0.2, 0.25) is 0 Å². The van der Waals surface area contributed by atoms with Crippen LogP contribution in [0.15, 0.2) is 47.5 Å². The summed E-state index contributed by atoms with van der Waals surface area (Å²) in [6, 6.07) is 7.34. The molecule has 0 saturated carbocycles. The molecular formula is C13H10N2O5. The highest BCUT2D eigenvalue weighted by molar-refractivity contribution is 5.87. The molecule has 1 N–H and O–H groups in total. The Hall–Kier alpha value is -2.96. The van der Waals surface area contributed by atoms with E-state index in [0.29, 0.717) is 5.56 Å². The van der Waals surface area contributed by atoms with Crippen molar-refractivity contribution in [2.45, 2.75) is 6.54 Å². The van der Waals surface area contributed by atoms with Crippen LogP contribution in [-0.2, 0) is 6.54 Å². The number of aromatic carboxylic acids is 1. The first-order chi connectivity index (χ1) is 9.47. The molecule has 0 fully saturated rings. The Morgan fingerprint density at radius 1 is 1.35 bits per heavy atom. The first kappa shape index (κ1) is 13.5. The highest BCUT2D eigenvalue weighted by atomic mass is 16.6. The molecule has 0 aliphatic heterocycles. The summed E-state index contributed by atoms with van der Waals surface area (Å²) in [4.78, 5) is 32.1. The lowest BCUT2D eigenvalue weighted by molar-refractivity contribution is -0.386. The third-order valence-electron chi connectivity index (χ3n) is 2.69. The fourth-order valence-electron chi connectivity index (χ4n) is 1.76. The van der Waals surface area contributed by atoms with E-state index in [1.807, 2.05) is 0 Å². The van der Waals surface area contributed by atoms with Gasteiger partial charge in [-0.25, -0.2) is 4.79 Å². The van der Waals surface area contributed by atoms with Crippen molar-refractivity contribution in [3.63, 3.8) is 0 Å². The lowest BCUT2D eigenvalue weighted by atomic mass is 10.1. The Morgan fingerprint density at radius 2 is 2.10 bits per heavy atom. The van der Waals surface area contributed by atoms with Gasteiger partial charge < -0.3 is 9.67 Å². The number of nitrogens with zero attached hydrogens (tertiary/aromatic N) is 2. The lowest BCUT2D eigenvalue weighted by Gasteiger charge is -2.06. The van der Waals surface area contributed by atoms with Gasteiger partial charge in [0.15, 0.2) is 0 Å². The maximum absolute atomic E-state index is 11.3. The van der Waals surface area contributed by atoms with Crippen molar-refractivity contribution in [1.82, 2.24) is 4.57 Å². The number of carboxylic acids is 1. The minimum absolute atomic E-state index is 0.137. The monoisotopic (exact) mass is 274 g/mol. The molecule has 0 radical (unpaired) electrons. The average molecular weight is 274 g/mol. The Kier molecular flexibility index (Phi) is 3.60. The van der Waals surface area contributed by atoms with Gasteiger partial charge >= 0.3 is 11.7 Å². The summed E-state index contributed by atoms with van der Waals surface area (Å²) >= 11 is 0. The van der Waals surface area contributed by atoms with E-state index in [4.69, 9.17) is 5.11 Å². The standard InChI is InChI=1S/C13H10N2O5/c16-12-4-5-14(8-11(12)15(19)20)7-9-2-1-3-10(6-9)13(17)18/h1-6,8H,7H2,(H,17,18). The van der Waals surface area contributed by atoms with Gasteiger partial charge in [0.05, 0.1) is 16.7 Å². The minimum Gasteiger partial charge on any atom is -0.478 e. The molecule has 7 heteroatoms. The number of carboxylic acid groups (broad SMARTS) is 1. The number of pyridine rings is 1. The number of hydrogen-bond acceptors (Lipinski definition) is 4. The van der Waals surface area contributed by atoms with Crippen LogP contribution in [0.3, 0.4) is 0 Å². The highest BCUT2D eigenvalue weighted by Gasteiger charge is 2.12. The normalized spacial score (nSPS) is 10.2. The molecule has 7 nitrogen and oxygen atoms in total. The molecule has 0 spiro atoms. The topological polar surface area (TPSA) is 102 Å². The summed E-state index contributed by atoms with van der Waals surface area (Å²) in [6.07, 6.45) is 2.55. The fourth-order valence-corrected chi connectivity index (χ4v) is 1.76. The van der Waals surface area contributed by atoms with E-state index in [-0.39, 0.29) is 12.1 Å². The van der Waals surface area contributed by atoms with Crippen molar-refractivity contribution in [2.24, 2.45) is 0 Å². The first-order valence-electron chi connectivity index (χ1n) is 5.64. The molecule has 0 saturated heterocycles. The summed E-state index contributed by atoms with van der Waals surface area (Å²) < 4.78 is 1.46. The Labute approximate surface area is 112 Å². The van der Waals surface area contributed by atoms with Crippen LogP contribution in [0.1, 0.15) is 15.9 Å².